The lowest BCUT2D eigenvalue weighted by Gasteiger charge is -2.10. The average molecular weight is 247 g/mol. The van der Waals surface area contributed by atoms with E-state index in [-0.39, 0.29) is 5.69 Å². The smallest absolute Gasteiger partial charge is 0.352 e. The SMILES string of the molecule is CN(C)c1cc(C(=O)O)n(C)c1Br. The molecule has 1 rings (SSSR count). The second kappa shape index (κ2) is 3.41. The zero-order valence-electron chi connectivity index (χ0n) is 7.71. The largest absolute Gasteiger partial charge is 0.477 e. The molecule has 0 amide bonds. The van der Waals surface area contributed by atoms with Crippen molar-refractivity contribution in [3.63, 3.8) is 0 Å². The molecule has 0 aromatic carbocycles. The summed E-state index contributed by atoms with van der Waals surface area (Å²) in [6, 6.07) is 1.63. The van der Waals surface area contributed by atoms with Gasteiger partial charge in [-0.3, -0.25) is 0 Å². The van der Waals surface area contributed by atoms with E-state index >= 15 is 0 Å². The minimum atomic E-state index is -0.920. The Labute approximate surface area is 84.9 Å². The number of hydrogen-bond donors (Lipinski definition) is 1. The Morgan fingerprint density at radius 2 is 2.15 bits per heavy atom. The highest BCUT2D eigenvalue weighted by atomic mass is 79.9. The lowest BCUT2D eigenvalue weighted by Crippen LogP contribution is -2.08. The quantitative estimate of drug-likeness (QED) is 0.862. The number of carbonyl (C=O) groups is 1. The van der Waals surface area contributed by atoms with E-state index in [1.54, 1.807) is 17.7 Å². The molecular formula is C8H11BrN2O2. The van der Waals surface area contributed by atoms with Gasteiger partial charge < -0.3 is 14.6 Å². The Bertz CT molecular complexity index is 344. The summed E-state index contributed by atoms with van der Waals surface area (Å²) in [7, 11) is 5.44. The van der Waals surface area contributed by atoms with Gasteiger partial charge in [-0.05, 0) is 22.0 Å². The molecule has 1 aromatic rings. The summed E-state index contributed by atoms with van der Waals surface area (Å²) < 4.78 is 2.37. The Morgan fingerprint density at radius 1 is 1.62 bits per heavy atom. The topological polar surface area (TPSA) is 45.5 Å². The van der Waals surface area contributed by atoms with Crippen molar-refractivity contribution in [3.05, 3.63) is 16.4 Å². The molecule has 0 radical (unpaired) electrons. The van der Waals surface area contributed by atoms with Crippen LogP contribution in [-0.4, -0.2) is 29.7 Å². The van der Waals surface area contributed by atoms with E-state index in [1.165, 1.54) is 0 Å². The van der Waals surface area contributed by atoms with Crippen LogP contribution in [-0.2, 0) is 7.05 Å². The number of carboxylic acids is 1. The Balaban J connectivity index is 3.28. The molecule has 0 spiro atoms. The van der Waals surface area contributed by atoms with Gasteiger partial charge in [0, 0.05) is 21.1 Å². The number of halogens is 1. The number of aromatic carboxylic acids is 1. The Hall–Kier alpha value is -0.970. The van der Waals surface area contributed by atoms with Crippen molar-refractivity contribution in [2.45, 2.75) is 0 Å². The lowest BCUT2D eigenvalue weighted by atomic mass is 10.4. The molecule has 0 bridgehead atoms. The molecule has 0 aliphatic carbocycles. The molecule has 0 saturated heterocycles. The number of carboxylic acid groups (broad SMARTS) is 1. The minimum Gasteiger partial charge on any atom is -0.477 e. The fourth-order valence-corrected chi connectivity index (χ4v) is 1.74. The third kappa shape index (κ3) is 1.70. The van der Waals surface area contributed by atoms with Crippen LogP contribution in [0.15, 0.2) is 10.7 Å². The van der Waals surface area contributed by atoms with E-state index < -0.39 is 5.97 Å². The van der Waals surface area contributed by atoms with Gasteiger partial charge in [0.05, 0.1) is 5.69 Å². The van der Waals surface area contributed by atoms with Gasteiger partial charge in [0.15, 0.2) is 0 Å². The molecule has 1 aromatic heterocycles. The number of rotatable bonds is 2. The predicted molar refractivity (Wildman–Crippen MR) is 54.4 cm³/mol. The fourth-order valence-electron chi connectivity index (χ4n) is 1.08. The monoisotopic (exact) mass is 246 g/mol. The van der Waals surface area contributed by atoms with Crippen LogP contribution >= 0.6 is 15.9 Å². The molecule has 13 heavy (non-hydrogen) atoms. The molecule has 0 fully saturated rings. The Morgan fingerprint density at radius 3 is 2.38 bits per heavy atom. The summed E-state index contributed by atoms with van der Waals surface area (Å²) in [4.78, 5) is 12.6. The molecule has 0 aliphatic heterocycles. The highest BCUT2D eigenvalue weighted by molar-refractivity contribution is 9.10. The number of hydrogen-bond acceptors (Lipinski definition) is 2. The molecular weight excluding hydrogens is 236 g/mol. The zero-order chi connectivity index (χ0) is 10.2. The summed E-state index contributed by atoms with van der Waals surface area (Å²) in [5, 5.41) is 8.83. The summed E-state index contributed by atoms with van der Waals surface area (Å²) in [6.45, 7) is 0. The van der Waals surface area contributed by atoms with Gasteiger partial charge >= 0.3 is 5.97 Å². The third-order valence-electron chi connectivity index (χ3n) is 1.84. The lowest BCUT2D eigenvalue weighted by molar-refractivity contribution is 0.0686. The molecule has 5 heteroatoms. The maximum atomic E-state index is 10.7. The minimum absolute atomic E-state index is 0.274. The van der Waals surface area contributed by atoms with Crippen LogP contribution < -0.4 is 4.90 Å². The average Bonchev–Trinajstić information content (AvgIpc) is 2.29. The molecule has 0 aliphatic rings. The van der Waals surface area contributed by atoms with Gasteiger partial charge in [0.25, 0.3) is 0 Å². The van der Waals surface area contributed by atoms with Crippen LogP contribution in [0.4, 0.5) is 5.69 Å². The number of aromatic nitrogens is 1. The van der Waals surface area contributed by atoms with E-state index in [0.717, 1.165) is 10.3 Å². The normalized spacial score (nSPS) is 10.2. The van der Waals surface area contributed by atoms with Crippen molar-refractivity contribution in [2.75, 3.05) is 19.0 Å². The number of nitrogens with zero attached hydrogens (tertiary/aromatic N) is 2. The Kier molecular flexibility index (Phi) is 2.66. The summed E-state index contributed by atoms with van der Waals surface area (Å²) in [5.74, 6) is -0.920. The van der Waals surface area contributed by atoms with Gasteiger partial charge in [-0.15, -0.1) is 0 Å². The first-order chi connectivity index (χ1) is 5.95. The second-order valence-corrected chi connectivity index (χ2v) is 3.72. The van der Waals surface area contributed by atoms with E-state index in [1.807, 2.05) is 19.0 Å². The van der Waals surface area contributed by atoms with Crippen molar-refractivity contribution >= 4 is 27.6 Å². The highest BCUT2D eigenvalue weighted by Gasteiger charge is 2.15. The third-order valence-corrected chi connectivity index (χ3v) is 2.78. The van der Waals surface area contributed by atoms with Crippen LogP contribution in [0.3, 0.4) is 0 Å². The van der Waals surface area contributed by atoms with E-state index in [2.05, 4.69) is 15.9 Å². The predicted octanol–water partition coefficient (Wildman–Crippen LogP) is 1.55. The highest BCUT2D eigenvalue weighted by Crippen LogP contribution is 2.27. The van der Waals surface area contributed by atoms with Gasteiger partial charge in [-0.1, -0.05) is 0 Å². The second-order valence-electron chi connectivity index (χ2n) is 2.96. The zero-order valence-corrected chi connectivity index (χ0v) is 9.29. The van der Waals surface area contributed by atoms with Crippen molar-refractivity contribution in [1.82, 2.24) is 4.57 Å². The number of anilines is 1. The van der Waals surface area contributed by atoms with Crippen LogP contribution in [0, 0.1) is 0 Å². The first kappa shape index (κ1) is 10.1. The molecule has 72 valence electrons. The van der Waals surface area contributed by atoms with Gasteiger partial charge in [-0.2, -0.15) is 0 Å². The molecule has 0 atom stereocenters. The molecule has 1 heterocycles. The van der Waals surface area contributed by atoms with Crippen LogP contribution in [0.25, 0.3) is 0 Å². The first-order valence-electron chi connectivity index (χ1n) is 3.71. The molecule has 4 nitrogen and oxygen atoms in total. The van der Waals surface area contributed by atoms with E-state index in [4.69, 9.17) is 5.11 Å². The van der Waals surface area contributed by atoms with E-state index in [0.29, 0.717) is 0 Å². The fraction of sp³-hybridized carbons (Fsp3) is 0.375. The van der Waals surface area contributed by atoms with Crippen molar-refractivity contribution in [1.29, 1.82) is 0 Å². The van der Waals surface area contributed by atoms with Gasteiger partial charge in [0.1, 0.15) is 10.3 Å². The summed E-state index contributed by atoms with van der Waals surface area (Å²) >= 11 is 3.33. The van der Waals surface area contributed by atoms with Crippen LogP contribution in [0.5, 0.6) is 0 Å². The van der Waals surface area contributed by atoms with E-state index in [9.17, 15) is 4.79 Å². The molecule has 1 N–H and O–H groups in total. The van der Waals surface area contributed by atoms with Gasteiger partial charge in [0.2, 0.25) is 0 Å². The maximum Gasteiger partial charge on any atom is 0.352 e. The maximum absolute atomic E-state index is 10.7. The van der Waals surface area contributed by atoms with Crippen LogP contribution in [0.2, 0.25) is 0 Å². The first-order valence-corrected chi connectivity index (χ1v) is 4.50. The summed E-state index contributed by atoms with van der Waals surface area (Å²) in [6.07, 6.45) is 0. The van der Waals surface area contributed by atoms with Gasteiger partial charge in [-0.25, -0.2) is 4.79 Å². The van der Waals surface area contributed by atoms with Crippen molar-refractivity contribution in [3.8, 4) is 0 Å². The molecule has 0 unspecified atom stereocenters. The van der Waals surface area contributed by atoms with Crippen molar-refractivity contribution in [2.24, 2.45) is 7.05 Å². The summed E-state index contributed by atoms with van der Waals surface area (Å²) in [5.41, 5.74) is 1.13. The van der Waals surface area contributed by atoms with Crippen molar-refractivity contribution < 1.29 is 9.90 Å². The standard InChI is InChI=1S/C8H11BrN2O2/c1-10(2)5-4-6(8(12)13)11(3)7(5)9/h4H,1-3H3,(H,12,13). The molecule has 0 saturated carbocycles. The van der Waals surface area contributed by atoms with Crippen LogP contribution in [0.1, 0.15) is 10.5 Å².